The Morgan fingerprint density at radius 3 is 2.67 bits per heavy atom. The van der Waals surface area contributed by atoms with Gasteiger partial charge in [0.25, 0.3) is 5.91 Å². The highest BCUT2D eigenvalue weighted by molar-refractivity contribution is 6.17. The fourth-order valence-corrected chi connectivity index (χ4v) is 4.31. The monoisotopic (exact) mass is 404 g/mol. The maximum atomic E-state index is 13.3. The highest BCUT2D eigenvalue weighted by Crippen LogP contribution is 2.40. The number of aromatic nitrogens is 1. The van der Waals surface area contributed by atoms with E-state index in [0.29, 0.717) is 29.3 Å². The van der Waals surface area contributed by atoms with E-state index in [1.807, 2.05) is 38.1 Å². The molecule has 2 N–H and O–H groups in total. The van der Waals surface area contributed by atoms with Gasteiger partial charge in [0.15, 0.2) is 11.5 Å². The van der Waals surface area contributed by atoms with Gasteiger partial charge < -0.3 is 24.5 Å². The molecule has 1 aromatic heterocycles. The van der Waals surface area contributed by atoms with Crippen molar-refractivity contribution in [1.82, 2.24) is 9.88 Å². The van der Waals surface area contributed by atoms with Gasteiger partial charge in [0, 0.05) is 34.6 Å². The second kappa shape index (κ2) is 6.38. The average molecular weight is 404 g/mol. The molecule has 7 nitrogen and oxygen atoms in total. The van der Waals surface area contributed by atoms with Gasteiger partial charge in [-0.05, 0) is 29.8 Å². The van der Waals surface area contributed by atoms with Crippen LogP contribution in [0.1, 0.15) is 35.5 Å². The van der Waals surface area contributed by atoms with E-state index in [9.17, 15) is 14.7 Å². The predicted molar refractivity (Wildman–Crippen MR) is 111 cm³/mol. The van der Waals surface area contributed by atoms with E-state index in [1.165, 1.54) is 11.1 Å². The third-order valence-corrected chi connectivity index (χ3v) is 5.61. The molecule has 30 heavy (non-hydrogen) atoms. The molecule has 0 saturated heterocycles. The topological polar surface area (TPSA) is 91.9 Å². The molecule has 0 atom stereocenters. The number of amides is 1. The van der Waals surface area contributed by atoms with Crippen molar-refractivity contribution in [3.8, 4) is 11.5 Å². The lowest BCUT2D eigenvalue weighted by Crippen LogP contribution is -2.36. The van der Waals surface area contributed by atoms with Crippen LogP contribution in [0.5, 0.6) is 11.5 Å². The molecule has 2 aromatic carbocycles. The van der Waals surface area contributed by atoms with Crippen molar-refractivity contribution in [2.75, 3.05) is 13.3 Å². The standard InChI is InChI=1S/C23H20N2O5/c1-23(2)11-25(21(26)13-7-8-17-18(9-13)30-12-29-17)10-15(22(27)28)20-19(23)14-5-3-4-6-16(14)24-20/h3-10,24H,11-12H2,1-2H3,(H,27,28). The van der Waals surface area contributed by atoms with Crippen molar-refractivity contribution >= 4 is 28.4 Å². The number of benzene rings is 2. The molecule has 5 rings (SSSR count). The first kappa shape index (κ1) is 18.3. The molecular formula is C23H20N2O5. The molecule has 0 saturated carbocycles. The van der Waals surface area contributed by atoms with E-state index in [2.05, 4.69) is 4.98 Å². The van der Waals surface area contributed by atoms with Crippen LogP contribution in [0.3, 0.4) is 0 Å². The Kier molecular flexibility index (Phi) is 3.89. The second-order valence-electron chi connectivity index (χ2n) is 8.15. The quantitative estimate of drug-likeness (QED) is 0.679. The van der Waals surface area contributed by atoms with Crippen LogP contribution in [0.2, 0.25) is 0 Å². The summed E-state index contributed by atoms with van der Waals surface area (Å²) in [5.41, 5.74) is 2.28. The van der Waals surface area contributed by atoms with Gasteiger partial charge in [-0.25, -0.2) is 4.79 Å². The molecule has 1 amide bonds. The van der Waals surface area contributed by atoms with Crippen LogP contribution in [0.25, 0.3) is 16.5 Å². The summed E-state index contributed by atoms with van der Waals surface area (Å²) >= 11 is 0. The first-order valence-electron chi connectivity index (χ1n) is 9.62. The van der Waals surface area contributed by atoms with Crippen LogP contribution < -0.4 is 9.47 Å². The van der Waals surface area contributed by atoms with Gasteiger partial charge in [-0.15, -0.1) is 0 Å². The van der Waals surface area contributed by atoms with E-state index in [1.54, 1.807) is 18.2 Å². The molecule has 0 bridgehead atoms. The van der Waals surface area contributed by atoms with Crippen molar-refractivity contribution in [3.63, 3.8) is 0 Å². The fourth-order valence-electron chi connectivity index (χ4n) is 4.31. The Morgan fingerprint density at radius 2 is 1.87 bits per heavy atom. The number of ether oxygens (including phenoxy) is 2. The molecule has 0 fully saturated rings. The van der Waals surface area contributed by atoms with Crippen molar-refractivity contribution in [1.29, 1.82) is 0 Å². The minimum atomic E-state index is -1.09. The third kappa shape index (κ3) is 2.74. The van der Waals surface area contributed by atoms with Gasteiger partial charge in [0.05, 0.1) is 11.3 Å². The lowest BCUT2D eigenvalue weighted by Gasteiger charge is -2.29. The number of nitrogens with one attached hydrogen (secondary N) is 1. The lowest BCUT2D eigenvalue weighted by molar-refractivity contribution is -0.130. The van der Waals surface area contributed by atoms with E-state index in [0.717, 1.165) is 16.5 Å². The number of carbonyl (C=O) groups excluding carboxylic acids is 1. The van der Waals surface area contributed by atoms with Crippen LogP contribution in [0.15, 0.2) is 48.7 Å². The van der Waals surface area contributed by atoms with Crippen LogP contribution in [-0.2, 0) is 10.2 Å². The summed E-state index contributed by atoms with van der Waals surface area (Å²) in [4.78, 5) is 30.2. The number of carbonyl (C=O) groups is 2. The van der Waals surface area contributed by atoms with Gasteiger partial charge in [-0.1, -0.05) is 32.0 Å². The SMILES string of the molecule is CC1(C)CN(C(=O)c2ccc3c(c2)OCO3)C=C(C(=O)O)c2[nH]c3ccccc3c21. The second-order valence-corrected chi connectivity index (χ2v) is 8.15. The Balaban J connectivity index is 1.64. The number of rotatable bonds is 2. The minimum absolute atomic E-state index is 0.0564. The molecule has 3 aromatic rings. The molecule has 3 heterocycles. The van der Waals surface area contributed by atoms with E-state index in [4.69, 9.17) is 9.47 Å². The maximum absolute atomic E-state index is 13.3. The van der Waals surface area contributed by atoms with Crippen molar-refractivity contribution in [2.24, 2.45) is 0 Å². The fraction of sp³-hybridized carbons (Fsp3) is 0.217. The lowest BCUT2D eigenvalue weighted by atomic mass is 9.81. The van der Waals surface area contributed by atoms with Crippen molar-refractivity contribution in [3.05, 3.63) is 65.5 Å². The summed E-state index contributed by atoms with van der Waals surface area (Å²) in [5.74, 6) is -0.293. The minimum Gasteiger partial charge on any atom is -0.478 e. The van der Waals surface area contributed by atoms with Crippen molar-refractivity contribution in [2.45, 2.75) is 19.3 Å². The maximum Gasteiger partial charge on any atom is 0.339 e. The Hall–Kier alpha value is -3.74. The Bertz CT molecular complexity index is 1240. The van der Waals surface area contributed by atoms with Gasteiger partial charge in [0.2, 0.25) is 6.79 Å². The zero-order valence-corrected chi connectivity index (χ0v) is 16.6. The molecule has 0 radical (unpaired) electrons. The first-order valence-corrected chi connectivity index (χ1v) is 9.62. The highest BCUT2D eigenvalue weighted by atomic mass is 16.7. The summed E-state index contributed by atoms with van der Waals surface area (Å²) in [6, 6.07) is 12.7. The number of aliphatic carboxylic acids is 1. The molecular weight excluding hydrogens is 384 g/mol. The summed E-state index contributed by atoms with van der Waals surface area (Å²) in [5, 5.41) is 10.9. The highest BCUT2D eigenvalue weighted by Gasteiger charge is 2.37. The van der Waals surface area contributed by atoms with Crippen LogP contribution in [0.4, 0.5) is 0 Å². The van der Waals surface area contributed by atoms with Gasteiger partial charge in [0.1, 0.15) is 0 Å². The predicted octanol–water partition coefficient (Wildman–Crippen LogP) is 3.76. The van der Waals surface area contributed by atoms with Crippen LogP contribution >= 0.6 is 0 Å². The van der Waals surface area contributed by atoms with E-state index < -0.39 is 11.4 Å². The molecule has 7 heteroatoms. The smallest absolute Gasteiger partial charge is 0.339 e. The molecule has 0 aliphatic carbocycles. The first-order chi connectivity index (χ1) is 14.3. The number of aromatic amines is 1. The third-order valence-electron chi connectivity index (χ3n) is 5.61. The number of para-hydroxylation sites is 1. The number of H-pyrrole nitrogens is 1. The van der Waals surface area contributed by atoms with Gasteiger partial charge in [-0.3, -0.25) is 4.79 Å². The molecule has 0 spiro atoms. The molecule has 2 aliphatic rings. The molecule has 0 unspecified atom stereocenters. The average Bonchev–Trinajstić information content (AvgIpc) is 3.31. The zero-order chi connectivity index (χ0) is 21.0. The Morgan fingerprint density at radius 1 is 1.10 bits per heavy atom. The van der Waals surface area contributed by atoms with E-state index in [-0.39, 0.29) is 18.3 Å². The molecule has 152 valence electrons. The summed E-state index contributed by atoms with van der Waals surface area (Å²) < 4.78 is 10.7. The summed E-state index contributed by atoms with van der Waals surface area (Å²) in [6.45, 7) is 4.48. The van der Waals surface area contributed by atoms with Crippen molar-refractivity contribution < 1.29 is 24.2 Å². The number of fused-ring (bicyclic) bond motifs is 4. The van der Waals surface area contributed by atoms with Crippen LogP contribution in [-0.4, -0.2) is 40.2 Å². The van der Waals surface area contributed by atoms with Crippen LogP contribution in [0, 0.1) is 0 Å². The number of hydrogen-bond donors (Lipinski definition) is 2. The summed E-state index contributed by atoms with van der Waals surface area (Å²) in [6.07, 6.45) is 1.43. The Labute approximate surface area is 172 Å². The normalized spacial score (nSPS) is 16.7. The number of nitrogens with zero attached hydrogens (tertiary/aromatic N) is 1. The number of hydrogen-bond acceptors (Lipinski definition) is 4. The zero-order valence-electron chi connectivity index (χ0n) is 16.6. The van der Waals surface area contributed by atoms with E-state index >= 15 is 0 Å². The largest absolute Gasteiger partial charge is 0.478 e. The number of carboxylic acid groups (broad SMARTS) is 1. The summed E-state index contributed by atoms with van der Waals surface area (Å²) in [7, 11) is 0. The number of carboxylic acids is 1. The van der Waals surface area contributed by atoms with Gasteiger partial charge in [-0.2, -0.15) is 0 Å². The van der Waals surface area contributed by atoms with Gasteiger partial charge >= 0.3 is 5.97 Å². The molecule has 2 aliphatic heterocycles.